The van der Waals surface area contributed by atoms with Crippen LogP contribution in [0.2, 0.25) is 0 Å². The Bertz CT molecular complexity index is 641. The van der Waals surface area contributed by atoms with Crippen molar-refractivity contribution in [2.45, 2.75) is 70.8 Å². The number of carbonyl (C=O) groups excluding carboxylic acids is 1. The van der Waals surface area contributed by atoms with Crippen LogP contribution < -0.4 is 5.32 Å². The van der Waals surface area contributed by atoms with Crippen LogP contribution in [-0.2, 0) is 16.1 Å². The highest BCUT2D eigenvalue weighted by Gasteiger charge is 2.52. The first-order valence-corrected chi connectivity index (χ1v) is 10.8. The molecule has 0 heterocycles. The number of ether oxygens (including phenoxy) is 1. The average molecular weight is 388 g/mol. The van der Waals surface area contributed by atoms with Gasteiger partial charge in [-0.1, -0.05) is 62.4 Å². The number of benzene rings is 1. The molecule has 5 heteroatoms. The molecule has 3 rings (SSSR count). The second-order valence-electron chi connectivity index (χ2n) is 8.40. The smallest absolute Gasteiger partial charge is 0.407 e. The summed E-state index contributed by atoms with van der Waals surface area (Å²) in [6.45, 7) is 0.720. The van der Waals surface area contributed by atoms with Crippen LogP contribution in [0.3, 0.4) is 0 Å². The number of nitrogens with one attached hydrogen (secondary N) is 1. The molecule has 2 saturated carbocycles. The van der Waals surface area contributed by atoms with Crippen molar-refractivity contribution in [3.05, 3.63) is 35.9 Å². The number of carboxylic acids is 1. The zero-order chi connectivity index (χ0) is 19.8. The molecule has 2 aliphatic rings. The van der Waals surface area contributed by atoms with E-state index in [1.54, 1.807) is 0 Å². The van der Waals surface area contributed by atoms with Crippen molar-refractivity contribution in [2.24, 2.45) is 17.3 Å². The van der Waals surface area contributed by atoms with Gasteiger partial charge in [-0.05, 0) is 49.5 Å². The minimum Gasteiger partial charge on any atom is -0.481 e. The second kappa shape index (κ2) is 9.94. The molecule has 2 fully saturated rings. The van der Waals surface area contributed by atoms with Gasteiger partial charge in [0, 0.05) is 6.54 Å². The van der Waals surface area contributed by atoms with E-state index >= 15 is 0 Å². The Morgan fingerprint density at radius 1 is 1.04 bits per heavy atom. The van der Waals surface area contributed by atoms with Gasteiger partial charge in [-0.25, -0.2) is 4.79 Å². The Kier molecular flexibility index (Phi) is 7.35. The first kappa shape index (κ1) is 20.7. The molecule has 5 nitrogen and oxygen atoms in total. The fourth-order valence-corrected chi connectivity index (χ4v) is 5.41. The number of hydrogen-bond donors (Lipinski definition) is 2. The summed E-state index contributed by atoms with van der Waals surface area (Å²) in [5.74, 6) is -0.193. The molecule has 0 saturated heterocycles. The van der Waals surface area contributed by atoms with Crippen LogP contribution in [0.1, 0.15) is 69.8 Å². The van der Waals surface area contributed by atoms with Gasteiger partial charge in [0.25, 0.3) is 0 Å². The SMILES string of the molecule is O=C(NCCC1CCCCC1(C(=O)O)C1CCCCC1)OCc1ccccc1. The van der Waals surface area contributed by atoms with Gasteiger partial charge in [-0.15, -0.1) is 0 Å². The van der Waals surface area contributed by atoms with E-state index in [2.05, 4.69) is 5.32 Å². The molecule has 2 N–H and O–H groups in total. The molecule has 0 radical (unpaired) electrons. The van der Waals surface area contributed by atoms with E-state index in [-0.39, 0.29) is 18.4 Å². The van der Waals surface area contributed by atoms with Gasteiger partial charge in [0.2, 0.25) is 0 Å². The maximum Gasteiger partial charge on any atom is 0.407 e. The summed E-state index contributed by atoms with van der Waals surface area (Å²) in [5.41, 5.74) is 0.348. The zero-order valence-corrected chi connectivity index (χ0v) is 16.7. The van der Waals surface area contributed by atoms with Crippen LogP contribution in [0.15, 0.2) is 30.3 Å². The fraction of sp³-hybridized carbons (Fsp3) is 0.652. The number of amides is 1. The quantitative estimate of drug-likeness (QED) is 0.679. The van der Waals surface area contributed by atoms with Crippen molar-refractivity contribution in [3.8, 4) is 0 Å². The van der Waals surface area contributed by atoms with Gasteiger partial charge in [-0.3, -0.25) is 4.79 Å². The van der Waals surface area contributed by atoms with Crippen molar-refractivity contribution in [1.29, 1.82) is 0 Å². The van der Waals surface area contributed by atoms with E-state index in [4.69, 9.17) is 4.74 Å². The third kappa shape index (κ3) is 4.86. The van der Waals surface area contributed by atoms with Crippen molar-refractivity contribution in [3.63, 3.8) is 0 Å². The lowest BCUT2D eigenvalue weighted by Crippen LogP contribution is -2.48. The van der Waals surface area contributed by atoms with Crippen molar-refractivity contribution < 1.29 is 19.4 Å². The second-order valence-corrected chi connectivity index (χ2v) is 8.40. The zero-order valence-electron chi connectivity index (χ0n) is 16.7. The van der Waals surface area contributed by atoms with Crippen LogP contribution in [-0.4, -0.2) is 23.7 Å². The number of rotatable bonds is 7. The molecule has 0 aliphatic heterocycles. The summed E-state index contributed by atoms with van der Waals surface area (Å²) in [4.78, 5) is 24.4. The first-order valence-electron chi connectivity index (χ1n) is 10.8. The maximum absolute atomic E-state index is 12.4. The van der Waals surface area contributed by atoms with Crippen molar-refractivity contribution in [2.75, 3.05) is 6.54 Å². The molecular formula is C23H33NO4. The van der Waals surface area contributed by atoms with E-state index in [0.29, 0.717) is 13.0 Å². The molecule has 1 aromatic rings. The molecule has 2 atom stereocenters. The molecule has 1 amide bonds. The molecule has 28 heavy (non-hydrogen) atoms. The summed E-state index contributed by atoms with van der Waals surface area (Å²) in [6, 6.07) is 9.59. The van der Waals surface area contributed by atoms with Crippen LogP contribution >= 0.6 is 0 Å². The number of carbonyl (C=O) groups is 2. The predicted octanol–water partition coefficient (Wildman–Crippen LogP) is 5.14. The van der Waals surface area contributed by atoms with Crippen LogP contribution in [0.5, 0.6) is 0 Å². The van der Waals surface area contributed by atoms with E-state index in [1.807, 2.05) is 30.3 Å². The molecule has 2 aliphatic carbocycles. The molecule has 0 spiro atoms. The maximum atomic E-state index is 12.4. The van der Waals surface area contributed by atoms with Crippen LogP contribution in [0.25, 0.3) is 0 Å². The van der Waals surface area contributed by atoms with Gasteiger partial charge >= 0.3 is 12.1 Å². The Balaban J connectivity index is 1.53. The molecule has 0 aromatic heterocycles. The van der Waals surface area contributed by atoms with Crippen LogP contribution in [0, 0.1) is 17.3 Å². The van der Waals surface area contributed by atoms with E-state index in [9.17, 15) is 14.7 Å². The van der Waals surface area contributed by atoms with E-state index in [1.165, 1.54) is 6.42 Å². The predicted molar refractivity (Wildman–Crippen MR) is 108 cm³/mol. The lowest BCUT2D eigenvalue weighted by Gasteiger charge is -2.47. The van der Waals surface area contributed by atoms with Gasteiger partial charge in [-0.2, -0.15) is 0 Å². The fourth-order valence-electron chi connectivity index (χ4n) is 5.41. The summed E-state index contributed by atoms with van der Waals surface area (Å²) >= 11 is 0. The first-order chi connectivity index (χ1) is 13.6. The number of aliphatic carboxylic acids is 1. The standard InChI is InChI=1S/C23H33NO4/c25-21(26)23(19-11-5-2-6-12-19)15-8-7-13-20(23)14-16-24-22(27)28-17-18-9-3-1-4-10-18/h1,3-4,9-10,19-20H,2,5-8,11-17H2,(H,24,27)(H,25,26). The van der Waals surface area contributed by atoms with Gasteiger partial charge < -0.3 is 15.2 Å². The summed E-state index contributed by atoms with van der Waals surface area (Å²) in [5, 5.41) is 13.0. The summed E-state index contributed by atoms with van der Waals surface area (Å²) in [6.07, 6.45) is 9.71. The summed E-state index contributed by atoms with van der Waals surface area (Å²) in [7, 11) is 0. The molecule has 154 valence electrons. The lowest BCUT2D eigenvalue weighted by molar-refractivity contribution is -0.162. The van der Waals surface area contributed by atoms with E-state index < -0.39 is 17.5 Å². The highest BCUT2D eigenvalue weighted by atomic mass is 16.5. The topological polar surface area (TPSA) is 75.6 Å². The number of carboxylic acid groups (broad SMARTS) is 1. The number of hydrogen-bond acceptors (Lipinski definition) is 3. The number of alkyl carbamates (subject to hydrolysis) is 1. The van der Waals surface area contributed by atoms with Gasteiger partial charge in [0.05, 0.1) is 5.41 Å². The average Bonchev–Trinajstić information content (AvgIpc) is 2.74. The molecule has 0 bridgehead atoms. The van der Waals surface area contributed by atoms with Crippen LogP contribution in [0.4, 0.5) is 4.79 Å². The van der Waals surface area contributed by atoms with E-state index in [0.717, 1.165) is 56.9 Å². The lowest BCUT2D eigenvalue weighted by atomic mass is 9.56. The van der Waals surface area contributed by atoms with Crippen molar-refractivity contribution >= 4 is 12.1 Å². The Morgan fingerprint density at radius 2 is 1.75 bits per heavy atom. The third-order valence-corrected chi connectivity index (χ3v) is 6.83. The minimum atomic E-state index is -0.615. The molecule has 1 aromatic carbocycles. The van der Waals surface area contributed by atoms with Gasteiger partial charge in [0.1, 0.15) is 6.61 Å². The molecular weight excluding hydrogens is 354 g/mol. The minimum absolute atomic E-state index is 0.135. The normalized spacial score (nSPS) is 25.8. The monoisotopic (exact) mass is 387 g/mol. The van der Waals surface area contributed by atoms with Crippen molar-refractivity contribution in [1.82, 2.24) is 5.32 Å². The summed E-state index contributed by atoms with van der Waals surface area (Å²) < 4.78 is 5.27. The third-order valence-electron chi connectivity index (χ3n) is 6.83. The van der Waals surface area contributed by atoms with Gasteiger partial charge in [0.15, 0.2) is 0 Å². The highest BCUT2D eigenvalue weighted by molar-refractivity contribution is 5.75. The highest BCUT2D eigenvalue weighted by Crippen LogP contribution is 2.52. The molecule has 2 unspecified atom stereocenters. The largest absolute Gasteiger partial charge is 0.481 e. The Hall–Kier alpha value is -2.04. The Morgan fingerprint density at radius 3 is 2.46 bits per heavy atom. The Labute approximate surface area is 167 Å².